The standard InChI is InChI=1S/C12H15BrN2O2/c13-10-6-8(3-4-11(10)14)15-12(16)7-9-2-1-5-17-9/h3-4,6,9H,1-2,5,7,14H2,(H,15,16). The van der Waals surface area contributed by atoms with Crippen LogP contribution in [0.1, 0.15) is 19.3 Å². The quantitative estimate of drug-likeness (QED) is 0.843. The second kappa shape index (κ2) is 5.51. The number of nitrogens with one attached hydrogen (secondary N) is 1. The molecule has 1 amide bonds. The largest absolute Gasteiger partial charge is 0.398 e. The summed E-state index contributed by atoms with van der Waals surface area (Å²) >= 11 is 3.32. The van der Waals surface area contributed by atoms with Crippen LogP contribution < -0.4 is 11.1 Å². The fraction of sp³-hybridized carbons (Fsp3) is 0.417. The molecule has 4 nitrogen and oxygen atoms in total. The van der Waals surface area contributed by atoms with E-state index in [1.54, 1.807) is 18.2 Å². The smallest absolute Gasteiger partial charge is 0.226 e. The Kier molecular flexibility index (Phi) is 4.02. The summed E-state index contributed by atoms with van der Waals surface area (Å²) in [7, 11) is 0. The minimum Gasteiger partial charge on any atom is -0.398 e. The van der Waals surface area contributed by atoms with Crippen LogP contribution in [0.15, 0.2) is 22.7 Å². The Hall–Kier alpha value is -1.07. The summed E-state index contributed by atoms with van der Waals surface area (Å²) in [4.78, 5) is 11.7. The first-order chi connectivity index (χ1) is 8.15. The Labute approximate surface area is 109 Å². The summed E-state index contributed by atoms with van der Waals surface area (Å²) in [5.41, 5.74) is 7.07. The minimum atomic E-state index is -0.0198. The molecule has 1 unspecified atom stereocenters. The Bertz CT molecular complexity index is 417. The fourth-order valence-corrected chi connectivity index (χ4v) is 2.21. The van der Waals surface area contributed by atoms with Gasteiger partial charge in [0.05, 0.1) is 12.5 Å². The second-order valence-electron chi connectivity index (χ2n) is 4.12. The van der Waals surface area contributed by atoms with E-state index in [1.165, 1.54) is 0 Å². The molecule has 1 aromatic carbocycles. The van der Waals surface area contributed by atoms with Crippen molar-refractivity contribution in [3.05, 3.63) is 22.7 Å². The zero-order valence-corrected chi connectivity index (χ0v) is 11.0. The van der Waals surface area contributed by atoms with Crippen LogP contribution in [0, 0.1) is 0 Å². The predicted molar refractivity (Wildman–Crippen MR) is 70.8 cm³/mol. The van der Waals surface area contributed by atoms with Gasteiger partial charge in [0, 0.05) is 22.5 Å². The Morgan fingerprint density at radius 2 is 2.41 bits per heavy atom. The molecule has 92 valence electrons. The molecular formula is C12H15BrN2O2. The van der Waals surface area contributed by atoms with Gasteiger partial charge in [0.2, 0.25) is 5.91 Å². The van der Waals surface area contributed by atoms with Crippen LogP contribution in [0.2, 0.25) is 0 Å². The Balaban J connectivity index is 1.90. The summed E-state index contributed by atoms with van der Waals surface area (Å²) in [5, 5.41) is 2.83. The van der Waals surface area contributed by atoms with Gasteiger partial charge in [-0.1, -0.05) is 0 Å². The summed E-state index contributed by atoms with van der Waals surface area (Å²) in [6, 6.07) is 5.34. The topological polar surface area (TPSA) is 64.3 Å². The van der Waals surface area contributed by atoms with E-state index in [2.05, 4.69) is 21.2 Å². The molecule has 0 aromatic heterocycles. The van der Waals surface area contributed by atoms with Crippen molar-refractivity contribution in [2.45, 2.75) is 25.4 Å². The number of carbonyl (C=O) groups is 1. The lowest BCUT2D eigenvalue weighted by atomic mass is 10.1. The van der Waals surface area contributed by atoms with E-state index < -0.39 is 0 Å². The number of nitrogens with two attached hydrogens (primary N) is 1. The highest BCUT2D eigenvalue weighted by Gasteiger charge is 2.19. The van der Waals surface area contributed by atoms with E-state index in [4.69, 9.17) is 10.5 Å². The Morgan fingerprint density at radius 3 is 3.06 bits per heavy atom. The lowest BCUT2D eigenvalue weighted by molar-refractivity contribution is -0.118. The number of hydrogen-bond acceptors (Lipinski definition) is 3. The fourth-order valence-electron chi connectivity index (χ4n) is 1.83. The zero-order chi connectivity index (χ0) is 12.3. The number of nitrogen functional groups attached to an aromatic ring is 1. The molecule has 0 bridgehead atoms. The molecular weight excluding hydrogens is 284 g/mol. The van der Waals surface area contributed by atoms with Crippen LogP contribution in [0.4, 0.5) is 11.4 Å². The van der Waals surface area contributed by atoms with Crippen LogP contribution in [0.5, 0.6) is 0 Å². The summed E-state index contributed by atoms with van der Waals surface area (Å²) in [5.74, 6) is -0.0198. The first-order valence-corrected chi connectivity index (χ1v) is 6.41. The van der Waals surface area contributed by atoms with Gasteiger partial charge >= 0.3 is 0 Å². The lowest BCUT2D eigenvalue weighted by Gasteiger charge is -2.10. The van der Waals surface area contributed by atoms with E-state index in [1.807, 2.05) is 0 Å². The number of amides is 1. The predicted octanol–water partition coefficient (Wildman–Crippen LogP) is 2.54. The van der Waals surface area contributed by atoms with Crippen LogP contribution in [0.25, 0.3) is 0 Å². The molecule has 0 radical (unpaired) electrons. The monoisotopic (exact) mass is 298 g/mol. The molecule has 2 rings (SSSR count). The van der Waals surface area contributed by atoms with Crippen LogP contribution in [-0.4, -0.2) is 18.6 Å². The molecule has 0 spiro atoms. The van der Waals surface area contributed by atoms with Crippen molar-refractivity contribution in [1.29, 1.82) is 0 Å². The van der Waals surface area contributed by atoms with Gasteiger partial charge in [-0.25, -0.2) is 0 Å². The van der Waals surface area contributed by atoms with Crippen LogP contribution in [-0.2, 0) is 9.53 Å². The van der Waals surface area contributed by atoms with Crippen molar-refractivity contribution in [3.63, 3.8) is 0 Å². The normalized spacial score (nSPS) is 19.2. The third-order valence-electron chi connectivity index (χ3n) is 2.72. The molecule has 0 aliphatic carbocycles. The number of ether oxygens (including phenoxy) is 1. The zero-order valence-electron chi connectivity index (χ0n) is 9.41. The number of benzene rings is 1. The highest BCUT2D eigenvalue weighted by molar-refractivity contribution is 9.10. The maximum absolute atomic E-state index is 11.7. The van der Waals surface area contributed by atoms with Gasteiger partial charge in [0.25, 0.3) is 0 Å². The van der Waals surface area contributed by atoms with Gasteiger partial charge in [-0.15, -0.1) is 0 Å². The average molecular weight is 299 g/mol. The van der Waals surface area contributed by atoms with E-state index in [9.17, 15) is 4.79 Å². The van der Waals surface area contributed by atoms with Crippen molar-refractivity contribution in [3.8, 4) is 0 Å². The molecule has 5 heteroatoms. The number of hydrogen-bond donors (Lipinski definition) is 2. The second-order valence-corrected chi connectivity index (χ2v) is 4.98. The summed E-state index contributed by atoms with van der Waals surface area (Å²) in [6.45, 7) is 0.769. The first-order valence-electron chi connectivity index (χ1n) is 5.61. The molecule has 1 aromatic rings. The SMILES string of the molecule is Nc1ccc(NC(=O)CC2CCCO2)cc1Br. The maximum Gasteiger partial charge on any atom is 0.226 e. The average Bonchev–Trinajstić information content (AvgIpc) is 2.76. The van der Waals surface area contributed by atoms with E-state index in [-0.39, 0.29) is 12.0 Å². The van der Waals surface area contributed by atoms with Gasteiger partial charge in [-0.2, -0.15) is 0 Å². The maximum atomic E-state index is 11.7. The molecule has 1 saturated heterocycles. The van der Waals surface area contributed by atoms with Crippen LogP contribution >= 0.6 is 15.9 Å². The van der Waals surface area contributed by atoms with Crippen molar-refractivity contribution in [1.82, 2.24) is 0 Å². The third-order valence-corrected chi connectivity index (χ3v) is 3.41. The van der Waals surface area contributed by atoms with Crippen molar-refractivity contribution in [2.24, 2.45) is 0 Å². The number of anilines is 2. The number of rotatable bonds is 3. The van der Waals surface area contributed by atoms with E-state index in [0.717, 1.165) is 29.6 Å². The molecule has 1 aliphatic rings. The molecule has 1 atom stereocenters. The lowest BCUT2D eigenvalue weighted by Crippen LogP contribution is -2.19. The number of halogens is 1. The molecule has 1 aliphatic heterocycles. The third kappa shape index (κ3) is 3.44. The first kappa shape index (κ1) is 12.4. The van der Waals surface area contributed by atoms with Crippen molar-refractivity contribution >= 4 is 33.2 Å². The molecule has 17 heavy (non-hydrogen) atoms. The molecule has 0 saturated carbocycles. The van der Waals surface area contributed by atoms with Gasteiger partial charge < -0.3 is 15.8 Å². The highest BCUT2D eigenvalue weighted by atomic mass is 79.9. The van der Waals surface area contributed by atoms with Crippen LogP contribution in [0.3, 0.4) is 0 Å². The van der Waals surface area contributed by atoms with Gasteiger partial charge in [-0.3, -0.25) is 4.79 Å². The summed E-state index contributed by atoms with van der Waals surface area (Å²) < 4.78 is 6.20. The summed E-state index contributed by atoms with van der Waals surface area (Å²) in [6.07, 6.45) is 2.51. The van der Waals surface area contributed by atoms with E-state index in [0.29, 0.717) is 12.1 Å². The molecule has 1 heterocycles. The van der Waals surface area contributed by atoms with Gasteiger partial charge in [0.1, 0.15) is 0 Å². The van der Waals surface area contributed by atoms with E-state index >= 15 is 0 Å². The molecule has 1 fully saturated rings. The highest BCUT2D eigenvalue weighted by Crippen LogP contribution is 2.23. The van der Waals surface area contributed by atoms with Crippen molar-refractivity contribution < 1.29 is 9.53 Å². The number of carbonyl (C=O) groups excluding carboxylic acids is 1. The minimum absolute atomic E-state index is 0.0198. The van der Waals surface area contributed by atoms with Gasteiger partial charge in [0.15, 0.2) is 0 Å². The van der Waals surface area contributed by atoms with Crippen molar-refractivity contribution in [2.75, 3.05) is 17.7 Å². The van der Waals surface area contributed by atoms with Gasteiger partial charge in [-0.05, 0) is 47.0 Å². The Morgan fingerprint density at radius 1 is 1.59 bits per heavy atom. The molecule has 3 N–H and O–H groups in total.